The van der Waals surface area contributed by atoms with Crippen molar-refractivity contribution < 1.29 is 31.8 Å². The molecular weight excluding hydrogens is 356 g/mol. The van der Waals surface area contributed by atoms with Gasteiger partial charge in [-0.15, -0.1) is 0 Å². The maximum atomic E-state index is 13.6. The van der Waals surface area contributed by atoms with E-state index in [4.69, 9.17) is 9.47 Å². The second-order valence-electron chi connectivity index (χ2n) is 5.03. The van der Waals surface area contributed by atoms with Gasteiger partial charge in [-0.2, -0.15) is 0 Å². The molecule has 136 valence electrons. The molecule has 0 aliphatic heterocycles. The maximum Gasteiger partial charge on any atom is 0.246 e. The van der Waals surface area contributed by atoms with Crippen molar-refractivity contribution in [1.29, 1.82) is 0 Å². The first-order valence-electron chi connectivity index (χ1n) is 7.14. The van der Waals surface area contributed by atoms with Crippen LogP contribution in [0.4, 0.5) is 8.78 Å². The molecule has 1 atom stereocenters. The number of hydrogen-bond acceptors (Lipinski definition) is 5. The normalized spacial score (nSPS) is 12.7. The van der Waals surface area contributed by atoms with Crippen LogP contribution < -0.4 is 14.2 Å². The summed E-state index contributed by atoms with van der Waals surface area (Å²) in [5.74, 6) is -1.64. The van der Waals surface area contributed by atoms with Gasteiger partial charge in [0.05, 0.1) is 20.3 Å². The van der Waals surface area contributed by atoms with Gasteiger partial charge in [0.25, 0.3) is 0 Å². The Hall–Kier alpha value is -2.23. The molecule has 9 heteroatoms. The minimum atomic E-state index is -4.47. The molecule has 1 unspecified atom stereocenters. The summed E-state index contributed by atoms with van der Waals surface area (Å²) in [6.07, 6.45) is -1.26. The van der Waals surface area contributed by atoms with Crippen LogP contribution in [0.2, 0.25) is 0 Å². The van der Waals surface area contributed by atoms with Crippen molar-refractivity contribution >= 4 is 10.0 Å². The van der Waals surface area contributed by atoms with Gasteiger partial charge in [0.1, 0.15) is 11.6 Å². The number of benzene rings is 2. The molecule has 0 aromatic heterocycles. The standard InChI is InChI=1S/C16H17F2NO5S/c1-23-14-7-6-10(8-15(14)24-2)13(20)9-19-25(21,22)16-11(17)4-3-5-12(16)18/h3-8,13,19-20H,9H2,1-2H3. The van der Waals surface area contributed by atoms with Gasteiger partial charge in [-0.25, -0.2) is 21.9 Å². The van der Waals surface area contributed by atoms with Crippen LogP contribution in [0.1, 0.15) is 11.7 Å². The predicted molar refractivity (Wildman–Crippen MR) is 86.1 cm³/mol. The van der Waals surface area contributed by atoms with Crippen LogP contribution in [-0.2, 0) is 10.0 Å². The lowest BCUT2D eigenvalue weighted by Crippen LogP contribution is -2.30. The smallest absolute Gasteiger partial charge is 0.246 e. The summed E-state index contributed by atoms with van der Waals surface area (Å²) >= 11 is 0. The predicted octanol–water partition coefficient (Wildman–Crippen LogP) is 1.99. The van der Waals surface area contributed by atoms with Crippen LogP contribution in [0.5, 0.6) is 11.5 Å². The first-order valence-corrected chi connectivity index (χ1v) is 8.62. The average Bonchev–Trinajstić information content (AvgIpc) is 2.58. The summed E-state index contributed by atoms with van der Waals surface area (Å²) < 4.78 is 63.6. The zero-order valence-electron chi connectivity index (χ0n) is 13.5. The molecule has 2 rings (SSSR count). The van der Waals surface area contributed by atoms with E-state index in [1.807, 2.05) is 4.72 Å². The highest BCUT2D eigenvalue weighted by Gasteiger charge is 2.24. The first-order chi connectivity index (χ1) is 11.8. The lowest BCUT2D eigenvalue weighted by Gasteiger charge is -2.15. The van der Waals surface area contributed by atoms with Crippen molar-refractivity contribution in [1.82, 2.24) is 4.72 Å². The van der Waals surface area contributed by atoms with Gasteiger partial charge in [0.2, 0.25) is 10.0 Å². The Kier molecular flexibility index (Phi) is 5.93. The summed E-state index contributed by atoms with van der Waals surface area (Å²) in [5, 5.41) is 10.1. The quantitative estimate of drug-likeness (QED) is 0.775. The van der Waals surface area contributed by atoms with Crippen LogP contribution in [0, 0.1) is 11.6 Å². The topological polar surface area (TPSA) is 84.9 Å². The van der Waals surface area contributed by atoms with Gasteiger partial charge in [0.15, 0.2) is 16.4 Å². The zero-order valence-corrected chi connectivity index (χ0v) is 14.3. The van der Waals surface area contributed by atoms with Gasteiger partial charge < -0.3 is 14.6 Å². The Bertz CT molecular complexity index is 837. The Morgan fingerprint density at radius 2 is 1.68 bits per heavy atom. The van der Waals surface area contributed by atoms with Crippen molar-refractivity contribution in [3.63, 3.8) is 0 Å². The molecule has 2 N–H and O–H groups in total. The van der Waals surface area contributed by atoms with Crippen LogP contribution >= 0.6 is 0 Å². The minimum Gasteiger partial charge on any atom is -0.493 e. The van der Waals surface area contributed by atoms with Crippen molar-refractivity contribution in [2.45, 2.75) is 11.0 Å². The fourth-order valence-corrected chi connectivity index (χ4v) is 3.35. The van der Waals surface area contributed by atoms with Crippen molar-refractivity contribution in [3.05, 3.63) is 53.6 Å². The Labute approximate surface area is 144 Å². The Balaban J connectivity index is 2.18. The fraction of sp³-hybridized carbons (Fsp3) is 0.250. The number of hydrogen-bond donors (Lipinski definition) is 2. The third-order valence-electron chi connectivity index (χ3n) is 3.45. The number of aliphatic hydroxyl groups excluding tert-OH is 1. The molecule has 0 aliphatic carbocycles. The average molecular weight is 373 g/mol. The molecule has 0 heterocycles. The van der Waals surface area contributed by atoms with Gasteiger partial charge in [-0.1, -0.05) is 12.1 Å². The summed E-state index contributed by atoms with van der Waals surface area (Å²) in [6.45, 7) is -0.481. The van der Waals surface area contributed by atoms with Crippen LogP contribution in [-0.4, -0.2) is 34.3 Å². The lowest BCUT2D eigenvalue weighted by atomic mass is 10.1. The highest BCUT2D eigenvalue weighted by atomic mass is 32.2. The van der Waals surface area contributed by atoms with E-state index in [1.54, 1.807) is 6.07 Å². The molecule has 0 aliphatic rings. The Morgan fingerprint density at radius 1 is 1.08 bits per heavy atom. The minimum absolute atomic E-state index is 0.342. The SMILES string of the molecule is COc1ccc(C(O)CNS(=O)(=O)c2c(F)cccc2F)cc1OC. The van der Waals surface area contributed by atoms with Crippen molar-refractivity contribution in [2.24, 2.45) is 0 Å². The van der Waals surface area contributed by atoms with E-state index in [0.717, 1.165) is 18.2 Å². The summed E-state index contributed by atoms with van der Waals surface area (Å²) in [6, 6.07) is 7.26. The van der Waals surface area contributed by atoms with E-state index in [-0.39, 0.29) is 0 Å². The van der Waals surface area contributed by atoms with E-state index in [2.05, 4.69) is 0 Å². The van der Waals surface area contributed by atoms with E-state index < -0.39 is 39.2 Å². The molecule has 0 amide bonds. The van der Waals surface area contributed by atoms with Gasteiger partial charge in [-0.3, -0.25) is 0 Å². The van der Waals surface area contributed by atoms with Crippen LogP contribution in [0.3, 0.4) is 0 Å². The molecule has 0 radical (unpaired) electrons. The zero-order chi connectivity index (χ0) is 18.6. The Morgan fingerprint density at radius 3 is 2.24 bits per heavy atom. The second-order valence-corrected chi connectivity index (χ2v) is 6.74. The second kappa shape index (κ2) is 7.77. The highest BCUT2D eigenvalue weighted by molar-refractivity contribution is 7.89. The number of nitrogens with one attached hydrogen (secondary N) is 1. The number of rotatable bonds is 7. The summed E-state index contributed by atoms with van der Waals surface area (Å²) in [5.41, 5.74) is 0.342. The molecule has 2 aromatic carbocycles. The van der Waals surface area contributed by atoms with Crippen LogP contribution in [0.15, 0.2) is 41.3 Å². The van der Waals surface area contributed by atoms with E-state index >= 15 is 0 Å². The van der Waals surface area contributed by atoms with E-state index in [1.165, 1.54) is 26.4 Å². The highest BCUT2D eigenvalue weighted by Crippen LogP contribution is 2.30. The van der Waals surface area contributed by atoms with Gasteiger partial charge in [0, 0.05) is 6.54 Å². The molecule has 0 saturated heterocycles. The fourth-order valence-electron chi connectivity index (χ4n) is 2.18. The monoisotopic (exact) mass is 373 g/mol. The lowest BCUT2D eigenvalue weighted by molar-refractivity contribution is 0.181. The van der Waals surface area contributed by atoms with Crippen molar-refractivity contribution in [3.8, 4) is 11.5 Å². The molecule has 0 bridgehead atoms. The molecule has 0 spiro atoms. The van der Waals surface area contributed by atoms with Crippen molar-refractivity contribution in [2.75, 3.05) is 20.8 Å². The summed E-state index contributed by atoms with van der Waals surface area (Å²) in [4.78, 5) is -1.09. The molecule has 6 nitrogen and oxygen atoms in total. The third-order valence-corrected chi connectivity index (χ3v) is 4.92. The van der Waals surface area contributed by atoms with Gasteiger partial charge >= 0.3 is 0 Å². The van der Waals surface area contributed by atoms with Crippen LogP contribution in [0.25, 0.3) is 0 Å². The molecule has 2 aromatic rings. The number of methoxy groups -OCH3 is 2. The number of halogens is 2. The number of aliphatic hydroxyl groups is 1. The molecule has 0 fully saturated rings. The molecule has 0 saturated carbocycles. The number of sulfonamides is 1. The maximum absolute atomic E-state index is 13.6. The molecular formula is C16H17F2NO5S. The van der Waals surface area contributed by atoms with Gasteiger partial charge in [-0.05, 0) is 29.8 Å². The molecule has 25 heavy (non-hydrogen) atoms. The van der Waals surface area contributed by atoms with E-state index in [0.29, 0.717) is 17.1 Å². The summed E-state index contributed by atoms with van der Waals surface area (Å²) in [7, 11) is -1.61. The largest absolute Gasteiger partial charge is 0.493 e. The third kappa shape index (κ3) is 4.25. The van der Waals surface area contributed by atoms with E-state index in [9.17, 15) is 22.3 Å². The first kappa shape index (κ1) is 19.1. The number of ether oxygens (including phenoxy) is 2.